The Morgan fingerprint density at radius 3 is 2.39 bits per heavy atom. The highest BCUT2D eigenvalue weighted by Crippen LogP contribution is 2.32. The molecule has 38 heavy (non-hydrogen) atoms. The monoisotopic (exact) mass is 523 g/mol. The number of anilines is 1. The fourth-order valence-electron chi connectivity index (χ4n) is 5.02. The third kappa shape index (κ3) is 8.22. The Kier molecular flexibility index (Phi) is 11.9. The van der Waals surface area contributed by atoms with Gasteiger partial charge in [-0.15, -0.1) is 0 Å². The number of carbonyl (C=O) groups is 2. The van der Waals surface area contributed by atoms with E-state index in [-0.39, 0.29) is 24.7 Å². The minimum absolute atomic E-state index is 0.0406. The molecule has 1 saturated heterocycles. The molecular formula is C31H45N3O4. The molecule has 2 aliphatic heterocycles. The quantitative estimate of drug-likeness (QED) is 0.406. The van der Waals surface area contributed by atoms with E-state index in [1.807, 2.05) is 56.0 Å². The molecule has 2 heterocycles. The van der Waals surface area contributed by atoms with Crippen LogP contribution in [0, 0.1) is 0 Å². The van der Waals surface area contributed by atoms with Gasteiger partial charge in [-0.25, -0.2) is 4.79 Å². The molecule has 0 unspecified atom stereocenters. The Balaban J connectivity index is 0.00000195. The van der Waals surface area contributed by atoms with E-state index >= 15 is 0 Å². The average molecular weight is 524 g/mol. The molecule has 1 fully saturated rings. The lowest BCUT2D eigenvalue weighted by atomic mass is 9.98. The lowest BCUT2D eigenvalue weighted by Gasteiger charge is -2.36. The van der Waals surface area contributed by atoms with Gasteiger partial charge >= 0.3 is 12.1 Å². The van der Waals surface area contributed by atoms with Crippen molar-refractivity contribution in [2.45, 2.75) is 66.0 Å². The summed E-state index contributed by atoms with van der Waals surface area (Å²) >= 11 is 0. The van der Waals surface area contributed by atoms with Gasteiger partial charge in [0.15, 0.2) is 0 Å². The van der Waals surface area contributed by atoms with Crippen molar-refractivity contribution in [1.29, 1.82) is 0 Å². The number of hydrogen-bond donors (Lipinski definition) is 0. The van der Waals surface area contributed by atoms with Crippen LogP contribution in [0.2, 0.25) is 0 Å². The Morgan fingerprint density at radius 2 is 1.68 bits per heavy atom. The van der Waals surface area contributed by atoms with Crippen LogP contribution in [0.4, 0.5) is 10.5 Å². The van der Waals surface area contributed by atoms with Crippen LogP contribution in [0.3, 0.4) is 0 Å². The third-order valence-electron chi connectivity index (χ3n) is 7.17. The number of ether oxygens (including phenoxy) is 2. The van der Waals surface area contributed by atoms with Crippen LogP contribution in [0.15, 0.2) is 48.5 Å². The Morgan fingerprint density at radius 1 is 0.947 bits per heavy atom. The number of esters is 1. The predicted octanol–water partition coefficient (Wildman–Crippen LogP) is 5.82. The minimum atomic E-state index is -0.254. The Hall–Kier alpha value is -3.06. The number of carbonyl (C=O) groups excluding carboxylic acids is 2. The smallest absolute Gasteiger partial charge is 0.410 e. The van der Waals surface area contributed by atoms with Crippen molar-refractivity contribution >= 4 is 17.7 Å². The standard InChI is InChI=1S/C29H39N3O4.C2H6/c1-3-20-35-28(33)13-15-30-16-18-31(19-17-30)26-12-11-25-10-7-14-32(23(2)27(25)21-26)29(34)36-22-24-8-5-4-6-9-24;1-2/h4-6,8-9,11-12,21,23H,3,7,10,13-20,22H2,1-2H3;1-2H3/t23-;/m0./s1. The SMILES string of the molecule is CC.CCCOC(=O)CCN1CCN(c2ccc3c(c2)[C@H](C)N(C(=O)OCc2ccccc2)CCC3)CC1. The van der Waals surface area contributed by atoms with Gasteiger partial charge in [0, 0.05) is 45.0 Å². The fourth-order valence-corrected chi connectivity index (χ4v) is 5.02. The van der Waals surface area contributed by atoms with E-state index in [1.165, 1.54) is 16.8 Å². The molecule has 1 atom stereocenters. The van der Waals surface area contributed by atoms with E-state index < -0.39 is 0 Å². The van der Waals surface area contributed by atoms with Crippen LogP contribution < -0.4 is 4.90 Å². The first-order valence-electron chi connectivity index (χ1n) is 14.3. The Labute approximate surface area is 228 Å². The second-order valence-corrected chi connectivity index (χ2v) is 9.70. The Bertz CT molecular complexity index is 1010. The summed E-state index contributed by atoms with van der Waals surface area (Å²) in [6.45, 7) is 14.0. The lowest BCUT2D eigenvalue weighted by Crippen LogP contribution is -2.47. The van der Waals surface area contributed by atoms with E-state index in [0.29, 0.717) is 19.6 Å². The number of hydrogen-bond acceptors (Lipinski definition) is 6. The third-order valence-corrected chi connectivity index (χ3v) is 7.17. The summed E-state index contributed by atoms with van der Waals surface area (Å²) in [5.74, 6) is -0.106. The summed E-state index contributed by atoms with van der Waals surface area (Å²) in [7, 11) is 0. The highest BCUT2D eigenvalue weighted by atomic mass is 16.6. The number of amides is 1. The molecule has 2 aromatic rings. The summed E-state index contributed by atoms with van der Waals surface area (Å²) < 4.78 is 10.9. The second-order valence-electron chi connectivity index (χ2n) is 9.70. The minimum Gasteiger partial charge on any atom is -0.466 e. The highest BCUT2D eigenvalue weighted by molar-refractivity contribution is 5.70. The van der Waals surface area contributed by atoms with Gasteiger partial charge in [0.2, 0.25) is 0 Å². The van der Waals surface area contributed by atoms with Gasteiger partial charge in [-0.3, -0.25) is 9.69 Å². The molecular weight excluding hydrogens is 478 g/mol. The molecule has 7 nitrogen and oxygen atoms in total. The molecule has 0 bridgehead atoms. The summed E-state index contributed by atoms with van der Waals surface area (Å²) in [5.41, 5.74) is 4.71. The van der Waals surface area contributed by atoms with Crippen LogP contribution in [0.25, 0.3) is 0 Å². The van der Waals surface area contributed by atoms with Gasteiger partial charge in [-0.2, -0.15) is 0 Å². The molecule has 0 spiro atoms. The highest BCUT2D eigenvalue weighted by Gasteiger charge is 2.28. The molecule has 0 radical (unpaired) electrons. The lowest BCUT2D eigenvalue weighted by molar-refractivity contribution is -0.144. The summed E-state index contributed by atoms with van der Waals surface area (Å²) in [5, 5.41) is 0. The number of rotatable bonds is 8. The zero-order valence-corrected chi connectivity index (χ0v) is 23.7. The van der Waals surface area contributed by atoms with Crippen molar-refractivity contribution in [3.05, 3.63) is 65.2 Å². The molecule has 0 saturated carbocycles. The topological polar surface area (TPSA) is 62.3 Å². The van der Waals surface area contributed by atoms with Gasteiger partial charge in [0.05, 0.1) is 19.1 Å². The van der Waals surface area contributed by atoms with Gasteiger partial charge < -0.3 is 19.3 Å². The van der Waals surface area contributed by atoms with Crippen LogP contribution in [0.5, 0.6) is 0 Å². The van der Waals surface area contributed by atoms with Crippen molar-refractivity contribution in [3.8, 4) is 0 Å². The number of nitrogens with zero attached hydrogens (tertiary/aromatic N) is 3. The van der Waals surface area contributed by atoms with Crippen molar-refractivity contribution in [1.82, 2.24) is 9.80 Å². The van der Waals surface area contributed by atoms with Gasteiger partial charge in [-0.1, -0.05) is 57.2 Å². The molecule has 2 aliphatic rings. The number of benzene rings is 2. The van der Waals surface area contributed by atoms with E-state index in [1.54, 1.807) is 0 Å². The summed E-state index contributed by atoms with van der Waals surface area (Å²) in [6.07, 6.45) is 2.94. The van der Waals surface area contributed by atoms with E-state index in [9.17, 15) is 9.59 Å². The van der Waals surface area contributed by atoms with Crippen molar-refractivity contribution < 1.29 is 19.1 Å². The molecule has 0 aliphatic carbocycles. The second kappa shape index (κ2) is 15.4. The van der Waals surface area contributed by atoms with Crippen LogP contribution in [0.1, 0.15) is 69.7 Å². The first-order valence-corrected chi connectivity index (χ1v) is 14.3. The molecule has 7 heteroatoms. The zero-order valence-electron chi connectivity index (χ0n) is 23.7. The zero-order chi connectivity index (χ0) is 27.3. The molecule has 0 aromatic heterocycles. The average Bonchev–Trinajstić information content (AvgIpc) is 3.13. The van der Waals surface area contributed by atoms with E-state index in [0.717, 1.165) is 57.5 Å². The van der Waals surface area contributed by atoms with Gasteiger partial charge in [0.25, 0.3) is 0 Å². The van der Waals surface area contributed by atoms with Crippen LogP contribution in [-0.4, -0.2) is 67.7 Å². The van der Waals surface area contributed by atoms with Gasteiger partial charge in [0.1, 0.15) is 6.61 Å². The van der Waals surface area contributed by atoms with Crippen molar-refractivity contribution in [2.24, 2.45) is 0 Å². The molecule has 1 amide bonds. The maximum Gasteiger partial charge on any atom is 0.410 e. The van der Waals surface area contributed by atoms with Crippen molar-refractivity contribution in [3.63, 3.8) is 0 Å². The van der Waals surface area contributed by atoms with Crippen LogP contribution >= 0.6 is 0 Å². The first kappa shape index (κ1) is 29.5. The molecule has 0 N–H and O–H groups in total. The first-order chi connectivity index (χ1) is 18.5. The number of piperazine rings is 1. The van der Waals surface area contributed by atoms with E-state index in [2.05, 4.69) is 34.9 Å². The number of fused-ring (bicyclic) bond motifs is 1. The summed E-state index contributed by atoms with van der Waals surface area (Å²) in [4.78, 5) is 31.4. The largest absolute Gasteiger partial charge is 0.466 e. The van der Waals surface area contributed by atoms with Crippen LogP contribution in [-0.2, 0) is 27.3 Å². The predicted molar refractivity (Wildman–Crippen MR) is 152 cm³/mol. The fraction of sp³-hybridized carbons (Fsp3) is 0.548. The van der Waals surface area contributed by atoms with Gasteiger partial charge in [-0.05, 0) is 55.0 Å². The van der Waals surface area contributed by atoms with Crippen molar-refractivity contribution in [2.75, 3.05) is 50.8 Å². The molecule has 208 valence electrons. The van der Waals surface area contributed by atoms with E-state index in [4.69, 9.17) is 9.47 Å². The molecule has 4 rings (SSSR count). The molecule has 2 aromatic carbocycles. The normalized spacial score (nSPS) is 17.5. The maximum absolute atomic E-state index is 13.0. The summed E-state index contributed by atoms with van der Waals surface area (Å²) in [6, 6.07) is 16.5. The maximum atomic E-state index is 13.0. The number of aryl methyl sites for hydroxylation is 1.